The third kappa shape index (κ3) is 3.06. The number of allylic oxidation sites excluding steroid dienone is 2. The number of Topliss-reactive ketones (excluding diaryl/α,β-unsaturated/α-hetero) is 1. The second-order valence-electron chi connectivity index (χ2n) is 4.50. The Kier molecular flexibility index (Phi) is 3.53. The average Bonchev–Trinajstić information content (AvgIpc) is 2.26. The minimum atomic E-state index is -5.10. The Morgan fingerprint density at radius 2 is 2.05 bits per heavy atom. The van der Waals surface area contributed by atoms with Crippen LogP contribution in [0.1, 0.15) is 25.7 Å². The third-order valence-electron chi connectivity index (χ3n) is 3.18. The molecule has 8 heteroatoms. The van der Waals surface area contributed by atoms with Crippen LogP contribution in [0.15, 0.2) is 11.3 Å². The van der Waals surface area contributed by atoms with E-state index in [9.17, 15) is 27.9 Å². The lowest BCUT2D eigenvalue weighted by atomic mass is 9.84. The van der Waals surface area contributed by atoms with E-state index >= 15 is 0 Å². The van der Waals surface area contributed by atoms with Gasteiger partial charge in [0.05, 0.1) is 0 Å². The number of ketones is 1. The van der Waals surface area contributed by atoms with E-state index in [0.717, 1.165) is 0 Å². The Bertz CT molecular complexity index is 444. The number of aliphatic hydroxyl groups is 1. The Labute approximate surface area is 106 Å². The highest BCUT2D eigenvalue weighted by Gasteiger charge is 2.42. The van der Waals surface area contributed by atoms with Crippen molar-refractivity contribution in [2.24, 2.45) is 5.92 Å². The van der Waals surface area contributed by atoms with E-state index in [2.05, 4.69) is 10.1 Å². The predicted octanol–water partition coefficient (Wildman–Crippen LogP) is 0.984. The maximum Gasteiger partial charge on any atom is 0.575 e. The molecule has 0 radical (unpaired) electrons. The van der Waals surface area contributed by atoms with Crippen LogP contribution in [-0.4, -0.2) is 29.4 Å². The van der Waals surface area contributed by atoms with Crippen molar-refractivity contribution < 1.29 is 32.6 Å². The van der Waals surface area contributed by atoms with Crippen molar-refractivity contribution in [3.05, 3.63) is 11.3 Å². The molecule has 0 fully saturated rings. The zero-order chi connectivity index (χ0) is 14.2. The van der Waals surface area contributed by atoms with Gasteiger partial charge in [0.2, 0.25) is 0 Å². The summed E-state index contributed by atoms with van der Waals surface area (Å²) in [6.45, 7) is 0. The van der Waals surface area contributed by atoms with Crippen LogP contribution in [0.5, 0.6) is 0 Å². The summed E-state index contributed by atoms with van der Waals surface area (Å²) >= 11 is 0. The molecular weight excluding hydrogens is 267 g/mol. The van der Waals surface area contributed by atoms with E-state index in [0.29, 0.717) is 30.5 Å². The first kappa shape index (κ1) is 13.9. The third-order valence-corrected chi connectivity index (χ3v) is 3.18. The smallest absolute Gasteiger partial charge is 0.373 e. The Hall–Kier alpha value is -1.57. The molecule has 2 rings (SSSR count). The molecular formula is C11H12F3NO4. The molecule has 0 aromatic carbocycles. The van der Waals surface area contributed by atoms with Crippen molar-refractivity contribution in [3.63, 3.8) is 0 Å². The lowest BCUT2D eigenvalue weighted by Gasteiger charge is -2.33. The molecule has 0 bridgehead atoms. The summed E-state index contributed by atoms with van der Waals surface area (Å²) in [5.41, 5.74) is 0.806. The van der Waals surface area contributed by atoms with Gasteiger partial charge in [0.25, 0.3) is 0 Å². The fraction of sp³-hybridized carbons (Fsp3) is 0.636. The van der Waals surface area contributed by atoms with Gasteiger partial charge in [-0.2, -0.15) is 0 Å². The Balaban J connectivity index is 2.14. The minimum Gasteiger partial charge on any atom is -0.373 e. The maximum atomic E-state index is 12.0. The van der Waals surface area contributed by atoms with E-state index in [-0.39, 0.29) is 12.2 Å². The second kappa shape index (κ2) is 4.84. The highest BCUT2D eigenvalue weighted by Crippen LogP contribution is 2.32. The van der Waals surface area contributed by atoms with Crippen LogP contribution in [0, 0.1) is 5.92 Å². The summed E-state index contributed by atoms with van der Waals surface area (Å²) < 4.78 is 39.2. The molecule has 2 N–H and O–H groups in total. The van der Waals surface area contributed by atoms with Gasteiger partial charge in [-0.25, -0.2) is 0 Å². The van der Waals surface area contributed by atoms with E-state index < -0.39 is 24.5 Å². The van der Waals surface area contributed by atoms with E-state index in [1.54, 1.807) is 0 Å². The molecule has 0 aromatic rings. The fourth-order valence-corrected chi connectivity index (χ4v) is 2.30. The molecule has 19 heavy (non-hydrogen) atoms. The Morgan fingerprint density at radius 3 is 2.68 bits per heavy atom. The number of aliphatic hydroxyl groups excluding tert-OH is 1. The van der Waals surface area contributed by atoms with Crippen LogP contribution in [0.4, 0.5) is 13.2 Å². The van der Waals surface area contributed by atoms with Gasteiger partial charge in [0.1, 0.15) is 12.1 Å². The van der Waals surface area contributed by atoms with Crippen molar-refractivity contribution in [1.82, 2.24) is 5.32 Å². The normalized spacial score (nSPS) is 27.7. The monoisotopic (exact) mass is 279 g/mol. The molecule has 2 unspecified atom stereocenters. The number of ether oxygens (including phenoxy) is 1. The number of carbonyl (C=O) groups is 2. The average molecular weight is 279 g/mol. The van der Waals surface area contributed by atoms with Crippen LogP contribution in [0.25, 0.3) is 0 Å². The summed E-state index contributed by atoms with van der Waals surface area (Å²) in [5.74, 6) is -3.22. The van der Waals surface area contributed by atoms with Crippen molar-refractivity contribution >= 4 is 11.8 Å². The first-order valence-electron chi connectivity index (χ1n) is 5.77. The minimum absolute atomic E-state index is 0.203. The molecule has 0 amide bonds. The predicted molar refractivity (Wildman–Crippen MR) is 55.3 cm³/mol. The number of hydrogen-bond donors (Lipinski definition) is 2. The number of carbonyl (C=O) groups excluding carboxylic acids is 2. The molecule has 0 saturated carbocycles. The van der Waals surface area contributed by atoms with Gasteiger partial charge in [-0.15, -0.1) is 13.2 Å². The molecule has 1 aliphatic carbocycles. The summed E-state index contributed by atoms with van der Waals surface area (Å²) in [4.78, 5) is 23.0. The lowest BCUT2D eigenvalue weighted by molar-refractivity contribution is -0.309. The van der Waals surface area contributed by atoms with Crippen LogP contribution >= 0.6 is 0 Å². The van der Waals surface area contributed by atoms with Crippen molar-refractivity contribution in [1.29, 1.82) is 0 Å². The fourth-order valence-electron chi connectivity index (χ4n) is 2.30. The van der Waals surface area contributed by atoms with E-state index in [4.69, 9.17) is 0 Å². The van der Waals surface area contributed by atoms with Gasteiger partial charge >= 0.3 is 12.3 Å². The molecule has 0 spiro atoms. The molecule has 5 nitrogen and oxygen atoms in total. The standard InChI is InChI=1S/C11H12F3NO4/c12-11(13,14)19-10(18)6-4-5-7(15-9(6)17)2-1-3-8(5)16/h6,9,15,17H,1-4H2. The first-order valence-corrected chi connectivity index (χ1v) is 5.77. The zero-order valence-electron chi connectivity index (χ0n) is 9.79. The number of hydrogen-bond acceptors (Lipinski definition) is 5. The number of halogens is 3. The van der Waals surface area contributed by atoms with Gasteiger partial charge in [-0.1, -0.05) is 0 Å². The number of rotatable bonds is 1. The summed E-state index contributed by atoms with van der Waals surface area (Å²) in [6.07, 6.45) is -5.33. The second-order valence-corrected chi connectivity index (χ2v) is 4.50. The molecule has 106 valence electrons. The molecule has 1 aliphatic heterocycles. The summed E-state index contributed by atoms with van der Waals surface area (Å²) in [5, 5.41) is 12.1. The topological polar surface area (TPSA) is 75.6 Å². The van der Waals surface area contributed by atoms with Crippen molar-refractivity contribution in [3.8, 4) is 0 Å². The van der Waals surface area contributed by atoms with Gasteiger partial charge in [0, 0.05) is 17.7 Å². The molecule has 0 aromatic heterocycles. The van der Waals surface area contributed by atoms with Crippen molar-refractivity contribution in [2.45, 2.75) is 38.3 Å². The quantitative estimate of drug-likeness (QED) is 0.700. The maximum absolute atomic E-state index is 12.0. The summed E-state index contributed by atoms with van der Waals surface area (Å²) in [6, 6.07) is 0. The molecule has 2 aliphatic rings. The zero-order valence-corrected chi connectivity index (χ0v) is 9.79. The van der Waals surface area contributed by atoms with Gasteiger partial charge < -0.3 is 15.2 Å². The SMILES string of the molecule is O=C1CCCC2=C1CC(C(=O)OC(F)(F)F)C(O)N2. The van der Waals surface area contributed by atoms with Crippen molar-refractivity contribution in [2.75, 3.05) is 0 Å². The first-order chi connectivity index (χ1) is 8.78. The molecule has 0 saturated heterocycles. The number of nitrogens with one attached hydrogen (secondary N) is 1. The van der Waals surface area contributed by atoms with Gasteiger partial charge in [-0.05, 0) is 19.3 Å². The highest BCUT2D eigenvalue weighted by atomic mass is 19.4. The van der Waals surface area contributed by atoms with Crippen LogP contribution in [0.2, 0.25) is 0 Å². The largest absolute Gasteiger partial charge is 0.575 e. The molecule has 1 heterocycles. The van der Waals surface area contributed by atoms with Crippen LogP contribution < -0.4 is 5.32 Å². The Morgan fingerprint density at radius 1 is 1.37 bits per heavy atom. The molecule has 2 atom stereocenters. The van der Waals surface area contributed by atoms with E-state index in [1.165, 1.54) is 0 Å². The number of esters is 1. The van der Waals surface area contributed by atoms with Gasteiger partial charge in [-0.3, -0.25) is 9.59 Å². The van der Waals surface area contributed by atoms with Crippen LogP contribution in [0.3, 0.4) is 0 Å². The van der Waals surface area contributed by atoms with E-state index in [1.807, 2.05) is 0 Å². The highest BCUT2D eigenvalue weighted by molar-refractivity contribution is 5.97. The van der Waals surface area contributed by atoms with Crippen LogP contribution in [-0.2, 0) is 14.3 Å². The van der Waals surface area contributed by atoms with Gasteiger partial charge in [0.15, 0.2) is 5.78 Å². The summed E-state index contributed by atoms with van der Waals surface area (Å²) in [7, 11) is 0. The number of alkyl halides is 3. The lowest BCUT2D eigenvalue weighted by Crippen LogP contribution is -2.47.